The summed E-state index contributed by atoms with van der Waals surface area (Å²) in [5.74, 6) is -2.38. The highest BCUT2D eigenvalue weighted by molar-refractivity contribution is 7.05. The van der Waals surface area contributed by atoms with Gasteiger partial charge in [-0.2, -0.15) is 0 Å². The Balaban J connectivity index is 1.67. The zero-order valence-corrected chi connectivity index (χ0v) is 19.3. The van der Waals surface area contributed by atoms with Crippen molar-refractivity contribution in [1.29, 1.82) is 0 Å². The van der Waals surface area contributed by atoms with Gasteiger partial charge in [-0.15, -0.1) is 5.10 Å². The Morgan fingerprint density at radius 2 is 2.00 bits per heavy atom. The average Bonchev–Trinajstić information content (AvgIpc) is 3.24. The van der Waals surface area contributed by atoms with E-state index >= 15 is 0 Å². The lowest BCUT2D eigenvalue weighted by Crippen LogP contribution is -2.56. The summed E-state index contributed by atoms with van der Waals surface area (Å²) in [4.78, 5) is 51.0. The molecule has 3 amide bonds. The summed E-state index contributed by atoms with van der Waals surface area (Å²) in [6.45, 7) is 3.90. The monoisotopic (exact) mass is 473 g/mol. The molecule has 11 heteroatoms. The number of alkyl carbamates (subject to hydrolysis) is 1. The van der Waals surface area contributed by atoms with Gasteiger partial charge in [-0.25, -0.2) is 4.79 Å². The topological polar surface area (TPSA) is 139 Å². The zero-order valence-electron chi connectivity index (χ0n) is 18.5. The Morgan fingerprint density at radius 1 is 1.24 bits per heavy atom. The molecule has 0 bridgehead atoms. The highest BCUT2D eigenvalue weighted by Gasteiger charge is 2.33. The third kappa shape index (κ3) is 6.82. The number of ether oxygens (including phenoxy) is 1. The summed E-state index contributed by atoms with van der Waals surface area (Å²) in [5.41, 5.74) is 1.57. The van der Waals surface area contributed by atoms with Crippen LogP contribution in [0.15, 0.2) is 30.3 Å². The van der Waals surface area contributed by atoms with E-state index in [0.29, 0.717) is 19.4 Å². The van der Waals surface area contributed by atoms with Gasteiger partial charge in [0.25, 0.3) is 5.91 Å². The number of amides is 3. The number of aromatic nitrogens is 2. The van der Waals surface area contributed by atoms with Crippen LogP contribution in [0.4, 0.5) is 4.79 Å². The standard InChI is InChI=1S/C22H27N5O5S/c1-13(2)18(25-22(31)32-12-14-7-4-3-5-8-14)20(29)24-16-11-17-15(26-27-33-17)9-6-10-23-21(30)19(16)28/h3-5,7-8,13,16,18H,6,9-12H2,1-2H3,(H,23,30)(H,24,29)(H,25,31). The first kappa shape index (κ1) is 24.3. The maximum Gasteiger partial charge on any atom is 0.408 e. The molecule has 0 aliphatic carbocycles. The Kier molecular flexibility index (Phi) is 8.47. The third-order valence-electron chi connectivity index (χ3n) is 5.19. The third-order valence-corrected chi connectivity index (χ3v) is 5.98. The van der Waals surface area contributed by atoms with Gasteiger partial charge in [0.1, 0.15) is 18.7 Å². The van der Waals surface area contributed by atoms with Crippen molar-refractivity contribution in [1.82, 2.24) is 25.5 Å². The van der Waals surface area contributed by atoms with Crippen molar-refractivity contribution in [3.63, 3.8) is 0 Å². The molecular formula is C22H27N5O5S. The first-order valence-electron chi connectivity index (χ1n) is 10.7. The van der Waals surface area contributed by atoms with Crippen LogP contribution in [0, 0.1) is 5.92 Å². The normalized spacial score (nSPS) is 17.5. The van der Waals surface area contributed by atoms with E-state index in [1.807, 2.05) is 30.3 Å². The van der Waals surface area contributed by atoms with E-state index in [1.54, 1.807) is 13.8 Å². The highest BCUT2D eigenvalue weighted by atomic mass is 32.1. The zero-order chi connectivity index (χ0) is 23.8. The Bertz CT molecular complexity index is 994. The molecule has 0 saturated carbocycles. The first-order valence-corrected chi connectivity index (χ1v) is 11.5. The Hall–Kier alpha value is -3.34. The first-order chi connectivity index (χ1) is 15.8. The molecule has 2 heterocycles. The molecule has 3 N–H and O–H groups in total. The summed E-state index contributed by atoms with van der Waals surface area (Å²) in [7, 11) is 0. The molecule has 1 aliphatic rings. The molecule has 33 heavy (non-hydrogen) atoms. The minimum atomic E-state index is -1.10. The minimum absolute atomic E-state index is 0.0571. The molecule has 1 aromatic heterocycles. The quantitative estimate of drug-likeness (QED) is 0.535. The number of nitrogens with one attached hydrogen (secondary N) is 3. The van der Waals surface area contributed by atoms with Crippen LogP contribution in [0.5, 0.6) is 0 Å². The fourth-order valence-corrected chi connectivity index (χ4v) is 4.09. The van der Waals surface area contributed by atoms with Gasteiger partial charge in [-0.3, -0.25) is 14.4 Å². The molecule has 2 aromatic rings. The van der Waals surface area contributed by atoms with Crippen LogP contribution >= 0.6 is 11.5 Å². The molecule has 10 nitrogen and oxygen atoms in total. The lowest BCUT2D eigenvalue weighted by Gasteiger charge is -2.25. The number of ketones is 1. The van der Waals surface area contributed by atoms with Crippen LogP contribution in [0.2, 0.25) is 0 Å². The number of hydrogen-bond donors (Lipinski definition) is 3. The second-order valence-corrected chi connectivity index (χ2v) is 8.90. The van der Waals surface area contributed by atoms with E-state index < -0.39 is 35.8 Å². The number of aryl methyl sites for hydroxylation is 1. The number of carbonyl (C=O) groups is 4. The molecule has 0 radical (unpaired) electrons. The molecule has 1 aliphatic heterocycles. The van der Waals surface area contributed by atoms with Crippen LogP contribution in [-0.2, 0) is 38.6 Å². The predicted octanol–water partition coefficient (Wildman–Crippen LogP) is 1.15. The van der Waals surface area contributed by atoms with Gasteiger partial charge in [-0.05, 0) is 35.9 Å². The van der Waals surface area contributed by atoms with Crippen molar-refractivity contribution in [2.24, 2.45) is 5.92 Å². The van der Waals surface area contributed by atoms with Crippen LogP contribution in [0.25, 0.3) is 0 Å². The van der Waals surface area contributed by atoms with Gasteiger partial charge in [0.2, 0.25) is 11.7 Å². The maximum atomic E-state index is 13.0. The van der Waals surface area contributed by atoms with Gasteiger partial charge in [0.15, 0.2) is 0 Å². The van der Waals surface area contributed by atoms with E-state index in [4.69, 9.17) is 4.74 Å². The van der Waals surface area contributed by atoms with Crippen molar-refractivity contribution >= 4 is 35.2 Å². The number of benzene rings is 1. The van der Waals surface area contributed by atoms with E-state index in [1.165, 1.54) is 0 Å². The SMILES string of the molecule is CC(C)C(NC(=O)OCc1ccccc1)C(=O)NC1Cc2snnc2CCCNC(=O)C1=O. The molecular weight excluding hydrogens is 446 g/mol. The molecule has 2 unspecified atom stereocenters. The van der Waals surface area contributed by atoms with Crippen LogP contribution in [0.3, 0.4) is 0 Å². The number of Topliss-reactive ketones (excluding diaryl/α,β-unsaturated/α-hetero) is 1. The number of nitrogens with zero attached hydrogens (tertiary/aromatic N) is 2. The molecule has 3 rings (SSSR count). The lowest BCUT2D eigenvalue weighted by atomic mass is 10.00. The molecule has 0 fully saturated rings. The van der Waals surface area contributed by atoms with Gasteiger partial charge < -0.3 is 20.7 Å². The molecule has 0 spiro atoms. The summed E-state index contributed by atoms with van der Waals surface area (Å²) in [6, 6.07) is 7.10. The van der Waals surface area contributed by atoms with Gasteiger partial charge in [0, 0.05) is 13.0 Å². The van der Waals surface area contributed by atoms with Gasteiger partial charge >= 0.3 is 6.09 Å². The summed E-state index contributed by atoms with van der Waals surface area (Å²) >= 11 is 1.14. The Labute approximate surface area is 195 Å². The van der Waals surface area contributed by atoms with Crippen LogP contribution < -0.4 is 16.0 Å². The lowest BCUT2D eigenvalue weighted by molar-refractivity contribution is -0.140. The van der Waals surface area contributed by atoms with Crippen molar-refractivity contribution in [2.75, 3.05) is 6.54 Å². The van der Waals surface area contributed by atoms with E-state index in [-0.39, 0.29) is 18.9 Å². The van der Waals surface area contributed by atoms with E-state index in [2.05, 4.69) is 25.5 Å². The van der Waals surface area contributed by atoms with Crippen molar-refractivity contribution in [3.8, 4) is 0 Å². The minimum Gasteiger partial charge on any atom is -0.445 e. The second-order valence-electron chi connectivity index (χ2n) is 8.06. The second kappa shape index (κ2) is 11.5. The van der Waals surface area contributed by atoms with Crippen molar-refractivity contribution in [3.05, 3.63) is 46.5 Å². The fourth-order valence-electron chi connectivity index (χ4n) is 3.36. The molecule has 1 aromatic carbocycles. The largest absolute Gasteiger partial charge is 0.445 e. The summed E-state index contributed by atoms with van der Waals surface area (Å²) < 4.78 is 9.16. The number of fused-ring (bicyclic) bond motifs is 1. The van der Waals surface area contributed by atoms with Crippen LogP contribution in [-0.4, -0.2) is 51.9 Å². The predicted molar refractivity (Wildman–Crippen MR) is 120 cm³/mol. The maximum absolute atomic E-state index is 13.0. The number of carbonyl (C=O) groups excluding carboxylic acids is 4. The number of hydrogen-bond acceptors (Lipinski definition) is 8. The fraction of sp³-hybridized carbons (Fsp3) is 0.455. The van der Waals surface area contributed by atoms with Gasteiger partial charge in [-0.1, -0.05) is 48.7 Å². The highest BCUT2D eigenvalue weighted by Crippen LogP contribution is 2.17. The molecule has 0 saturated heterocycles. The van der Waals surface area contributed by atoms with E-state index in [0.717, 1.165) is 27.7 Å². The summed E-state index contributed by atoms with van der Waals surface area (Å²) in [5, 5.41) is 11.9. The molecule has 2 atom stereocenters. The van der Waals surface area contributed by atoms with E-state index in [9.17, 15) is 19.2 Å². The smallest absolute Gasteiger partial charge is 0.408 e. The van der Waals surface area contributed by atoms with Crippen LogP contribution in [0.1, 0.15) is 36.4 Å². The average molecular weight is 474 g/mol. The van der Waals surface area contributed by atoms with Crippen molar-refractivity contribution in [2.45, 2.75) is 51.8 Å². The van der Waals surface area contributed by atoms with Crippen molar-refractivity contribution < 1.29 is 23.9 Å². The van der Waals surface area contributed by atoms with Gasteiger partial charge in [0.05, 0.1) is 10.6 Å². The number of rotatable bonds is 6. The summed E-state index contributed by atoms with van der Waals surface area (Å²) in [6.07, 6.45) is 0.606. The Morgan fingerprint density at radius 3 is 2.73 bits per heavy atom. The molecule has 176 valence electrons.